The number of nitrogens with zero attached hydrogens (tertiary/aromatic N) is 3. The summed E-state index contributed by atoms with van der Waals surface area (Å²) in [7, 11) is 0. The summed E-state index contributed by atoms with van der Waals surface area (Å²) in [5.74, 6) is 0.739. The summed E-state index contributed by atoms with van der Waals surface area (Å²) in [5, 5.41) is 5.38. The molecule has 184 valence electrons. The van der Waals surface area contributed by atoms with Gasteiger partial charge in [0.1, 0.15) is 5.82 Å². The molecule has 0 spiro atoms. The van der Waals surface area contributed by atoms with E-state index in [2.05, 4.69) is 21.0 Å². The highest BCUT2D eigenvalue weighted by Gasteiger charge is 2.23. The molecule has 35 heavy (non-hydrogen) atoms. The molecule has 1 fully saturated rings. The number of hydrogen-bond donors (Lipinski definition) is 0. The van der Waals surface area contributed by atoms with E-state index < -0.39 is 12.1 Å². The Morgan fingerprint density at radius 1 is 1.29 bits per heavy atom. The SMILES string of the molecule is CCOC(=O)[C@@H](C)Oc1c(Cl)cc(C=Nn2c(C3CCCCC3)nc3ccccc3c2=O)cc1Br. The molecule has 1 atom stereocenters. The van der Waals surface area contributed by atoms with E-state index in [-0.39, 0.29) is 18.1 Å². The van der Waals surface area contributed by atoms with Gasteiger partial charge in [-0.1, -0.05) is 43.0 Å². The Hall–Kier alpha value is -2.71. The first kappa shape index (κ1) is 25.4. The van der Waals surface area contributed by atoms with Crippen LogP contribution in [0.4, 0.5) is 0 Å². The molecule has 1 aliphatic carbocycles. The molecule has 1 saturated carbocycles. The standard InChI is InChI=1S/C26H27BrClN3O4/c1-3-34-26(33)16(2)35-23-20(27)13-17(14-21(23)28)15-29-31-24(18-9-5-4-6-10-18)30-22-12-8-7-11-19(22)25(31)32/h7-8,11-16,18H,3-6,9-10H2,1-2H3/t16-/m1/s1. The maximum atomic E-state index is 13.3. The third kappa shape index (κ3) is 5.76. The van der Waals surface area contributed by atoms with Crippen LogP contribution >= 0.6 is 27.5 Å². The van der Waals surface area contributed by atoms with Crippen molar-refractivity contribution in [2.45, 2.75) is 58.0 Å². The van der Waals surface area contributed by atoms with E-state index in [1.54, 1.807) is 38.3 Å². The summed E-state index contributed by atoms with van der Waals surface area (Å²) < 4.78 is 12.7. The minimum absolute atomic E-state index is 0.189. The normalized spacial score (nSPS) is 15.4. The van der Waals surface area contributed by atoms with Crippen LogP contribution in [-0.2, 0) is 9.53 Å². The lowest BCUT2D eigenvalue weighted by atomic mass is 9.88. The lowest BCUT2D eigenvalue weighted by molar-refractivity contribution is -0.150. The third-order valence-corrected chi connectivity index (χ3v) is 6.87. The molecule has 0 aliphatic heterocycles. The minimum atomic E-state index is -0.816. The molecule has 0 saturated heterocycles. The zero-order chi connectivity index (χ0) is 24.9. The Balaban J connectivity index is 1.68. The number of benzene rings is 2. The molecule has 0 N–H and O–H groups in total. The fourth-order valence-corrected chi connectivity index (χ4v) is 5.21. The Kier molecular flexibility index (Phi) is 8.23. The van der Waals surface area contributed by atoms with Crippen molar-refractivity contribution in [1.29, 1.82) is 0 Å². The van der Waals surface area contributed by atoms with Crippen LogP contribution in [0, 0.1) is 0 Å². The smallest absolute Gasteiger partial charge is 0.347 e. The van der Waals surface area contributed by atoms with Gasteiger partial charge in [0.2, 0.25) is 0 Å². The number of halogens is 2. The van der Waals surface area contributed by atoms with E-state index >= 15 is 0 Å². The van der Waals surface area contributed by atoms with Crippen LogP contribution in [-0.4, -0.2) is 34.6 Å². The molecule has 9 heteroatoms. The molecule has 4 rings (SSSR count). The lowest BCUT2D eigenvalue weighted by Gasteiger charge is -2.22. The second kappa shape index (κ2) is 11.4. The van der Waals surface area contributed by atoms with E-state index in [1.807, 2.05) is 18.2 Å². The van der Waals surface area contributed by atoms with Crippen LogP contribution < -0.4 is 10.3 Å². The molecule has 1 heterocycles. The van der Waals surface area contributed by atoms with Gasteiger partial charge in [0.05, 0.1) is 33.2 Å². The van der Waals surface area contributed by atoms with Gasteiger partial charge >= 0.3 is 5.97 Å². The van der Waals surface area contributed by atoms with Crippen LogP contribution in [0.1, 0.15) is 63.3 Å². The molecule has 1 aromatic heterocycles. The first-order valence-corrected chi connectivity index (χ1v) is 12.9. The first-order chi connectivity index (χ1) is 16.9. The Labute approximate surface area is 217 Å². The Morgan fingerprint density at radius 3 is 2.74 bits per heavy atom. The van der Waals surface area contributed by atoms with Crippen molar-refractivity contribution < 1.29 is 14.3 Å². The summed E-state index contributed by atoms with van der Waals surface area (Å²) in [5.41, 5.74) is 1.15. The summed E-state index contributed by atoms with van der Waals surface area (Å²) in [4.78, 5) is 30.1. The average molecular weight is 561 g/mol. The maximum Gasteiger partial charge on any atom is 0.347 e. The first-order valence-electron chi connectivity index (χ1n) is 11.8. The summed E-state index contributed by atoms with van der Waals surface area (Å²) >= 11 is 9.92. The zero-order valence-corrected chi connectivity index (χ0v) is 22.0. The molecule has 0 amide bonds. The topological polar surface area (TPSA) is 82.8 Å². The highest BCUT2D eigenvalue weighted by molar-refractivity contribution is 9.10. The predicted octanol–water partition coefficient (Wildman–Crippen LogP) is 6.07. The monoisotopic (exact) mass is 559 g/mol. The third-order valence-electron chi connectivity index (χ3n) is 6.01. The lowest BCUT2D eigenvalue weighted by Crippen LogP contribution is -2.26. The number of carbonyl (C=O) groups excluding carboxylic acids is 1. The molecule has 0 bridgehead atoms. The van der Waals surface area contributed by atoms with Crippen molar-refractivity contribution in [2.24, 2.45) is 5.10 Å². The maximum absolute atomic E-state index is 13.3. The number of carbonyl (C=O) groups is 1. The average Bonchev–Trinajstić information content (AvgIpc) is 2.86. The van der Waals surface area contributed by atoms with Crippen molar-refractivity contribution in [3.8, 4) is 5.75 Å². The highest BCUT2D eigenvalue weighted by Crippen LogP contribution is 2.35. The molecule has 0 unspecified atom stereocenters. The number of fused-ring (bicyclic) bond motifs is 1. The van der Waals surface area contributed by atoms with Gasteiger partial charge in [-0.3, -0.25) is 4.79 Å². The molecule has 7 nitrogen and oxygen atoms in total. The zero-order valence-electron chi connectivity index (χ0n) is 19.7. The summed E-state index contributed by atoms with van der Waals surface area (Å²) in [6.07, 6.45) is 6.18. The van der Waals surface area contributed by atoms with Crippen molar-refractivity contribution in [3.05, 3.63) is 67.6 Å². The van der Waals surface area contributed by atoms with Crippen molar-refractivity contribution in [3.63, 3.8) is 0 Å². The van der Waals surface area contributed by atoms with E-state index in [1.165, 1.54) is 11.1 Å². The van der Waals surface area contributed by atoms with Gasteiger partial charge in [-0.15, -0.1) is 0 Å². The molecule has 3 aromatic rings. The number of ether oxygens (including phenoxy) is 2. The molecular weight excluding hydrogens is 534 g/mol. The van der Waals surface area contributed by atoms with Gasteiger partial charge in [-0.05, 0) is 72.4 Å². The Morgan fingerprint density at radius 2 is 2.03 bits per heavy atom. The van der Waals surface area contributed by atoms with E-state index in [9.17, 15) is 9.59 Å². The number of esters is 1. The van der Waals surface area contributed by atoms with E-state index in [4.69, 9.17) is 26.1 Å². The van der Waals surface area contributed by atoms with Gasteiger partial charge in [0, 0.05) is 5.92 Å². The molecule has 2 aromatic carbocycles. The summed E-state index contributed by atoms with van der Waals surface area (Å²) in [6.45, 7) is 3.60. The fourth-order valence-electron chi connectivity index (χ4n) is 4.25. The highest BCUT2D eigenvalue weighted by atomic mass is 79.9. The van der Waals surface area contributed by atoms with E-state index in [0.717, 1.165) is 25.7 Å². The second-order valence-corrected chi connectivity index (χ2v) is 9.77. The predicted molar refractivity (Wildman–Crippen MR) is 141 cm³/mol. The van der Waals surface area contributed by atoms with Crippen molar-refractivity contribution >= 4 is 50.6 Å². The number of aromatic nitrogens is 2. The number of rotatable bonds is 7. The minimum Gasteiger partial charge on any atom is -0.476 e. The van der Waals surface area contributed by atoms with Crippen LogP contribution in [0.3, 0.4) is 0 Å². The molecule has 0 radical (unpaired) electrons. The van der Waals surface area contributed by atoms with Crippen molar-refractivity contribution in [2.75, 3.05) is 6.61 Å². The fraction of sp³-hybridized carbons (Fsp3) is 0.385. The summed E-state index contributed by atoms with van der Waals surface area (Å²) in [6, 6.07) is 10.8. The van der Waals surface area contributed by atoms with Crippen LogP contribution in [0.5, 0.6) is 5.75 Å². The number of hydrogen-bond acceptors (Lipinski definition) is 6. The van der Waals surface area contributed by atoms with Crippen molar-refractivity contribution in [1.82, 2.24) is 9.66 Å². The quantitative estimate of drug-likeness (QED) is 0.259. The molecule has 1 aliphatic rings. The van der Waals surface area contributed by atoms with E-state index in [0.29, 0.717) is 37.5 Å². The van der Waals surface area contributed by atoms with Gasteiger partial charge in [-0.2, -0.15) is 9.78 Å². The number of para-hydroxylation sites is 1. The van der Waals surface area contributed by atoms with Crippen LogP contribution in [0.2, 0.25) is 5.02 Å². The van der Waals surface area contributed by atoms with Gasteiger partial charge in [0.15, 0.2) is 11.9 Å². The Bertz CT molecular complexity index is 1290. The van der Waals surface area contributed by atoms with Crippen LogP contribution in [0.15, 0.2) is 50.8 Å². The second-order valence-electron chi connectivity index (χ2n) is 8.51. The van der Waals surface area contributed by atoms with Crippen LogP contribution in [0.25, 0.3) is 10.9 Å². The van der Waals surface area contributed by atoms with Gasteiger partial charge in [0.25, 0.3) is 5.56 Å². The largest absolute Gasteiger partial charge is 0.476 e. The molecular formula is C26H27BrClN3O4. The van der Waals surface area contributed by atoms with Gasteiger partial charge < -0.3 is 9.47 Å². The van der Waals surface area contributed by atoms with Gasteiger partial charge in [-0.25, -0.2) is 9.78 Å².